The van der Waals surface area contributed by atoms with E-state index in [9.17, 15) is 30.2 Å². The van der Waals surface area contributed by atoms with E-state index in [4.69, 9.17) is 33.7 Å². The number of rotatable bonds is 24. The van der Waals surface area contributed by atoms with E-state index in [0.717, 1.165) is 53.2 Å². The van der Waals surface area contributed by atoms with Crippen LogP contribution in [-0.2, 0) is 20.9 Å². The Kier molecular flexibility index (Phi) is 16.9. The van der Waals surface area contributed by atoms with Crippen LogP contribution in [-0.4, -0.2) is 95.0 Å². The number of unbranched alkanes of at least 4 members (excludes halogenated alkanes) is 2. The van der Waals surface area contributed by atoms with Crippen molar-refractivity contribution in [3.05, 3.63) is 161 Å². The van der Waals surface area contributed by atoms with Crippen LogP contribution in [0.2, 0.25) is 0 Å². The summed E-state index contributed by atoms with van der Waals surface area (Å²) in [6.45, 7) is 4.07. The summed E-state index contributed by atoms with van der Waals surface area (Å²) < 4.78 is 32.9. The zero-order valence-electron chi connectivity index (χ0n) is 39.2. The maximum absolute atomic E-state index is 14.9. The number of ether oxygens (including phenoxy) is 5. The number of non-ortho nitro benzene ring substituents is 1. The standard InChI is InChI=1S/C55H61N3O12/c1-2-30-66-55-51(57(26-31-65-32-29-61)54(62)69-43-22-19-42(20-23-43)58(63)64)36-49(56-67-37-38-12-4-3-5-13-38)47-34-41(16-8-10-27-59)46(17-9-11-28-60)52(53(47)55)48-35-45(24-25-50(48)70-55)68-44-21-18-39-14-6-7-15-40(39)33-44/h2-7,12-15,18-25,33-35,41,46,51-53,59-61H,1,8-11,16-17,26-32,36-37H2. The van der Waals surface area contributed by atoms with Crippen molar-refractivity contribution in [2.75, 3.05) is 46.2 Å². The zero-order valence-corrected chi connectivity index (χ0v) is 39.2. The molecular formula is C55H61N3O12. The molecular weight excluding hydrogens is 895 g/mol. The topological polar surface area (TPSA) is 192 Å². The Balaban J connectivity index is 1.31. The molecule has 15 heteroatoms. The molecule has 0 saturated heterocycles. The number of benzene rings is 5. The molecule has 15 nitrogen and oxygen atoms in total. The van der Waals surface area contributed by atoms with Gasteiger partial charge in [-0.3, -0.25) is 15.0 Å². The molecule has 1 saturated carbocycles. The van der Waals surface area contributed by atoms with Crippen LogP contribution in [0, 0.1) is 27.9 Å². The smallest absolute Gasteiger partial charge is 0.415 e. The summed E-state index contributed by atoms with van der Waals surface area (Å²) in [7, 11) is 0. The molecule has 1 heterocycles. The lowest BCUT2D eigenvalue weighted by molar-refractivity contribution is -0.384. The molecule has 0 bridgehead atoms. The first-order valence-corrected chi connectivity index (χ1v) is 24.1. The SMILES string of the molecule is C=CCOC12Oc3ccc(Oc4ccc5ccccc5c4)cc3C3C(CCCCO)C(CCCCO)C=C(C(=NOCc4ccccc4)CC1N(CCOCCO)C(=O)Oc1ccc([N+](=O)[O-])cc1)C32. The van der Waals surface area contributed by atoms with Gasteiger partial charge in [0.1, 0.15) is 35.6 Å². The van der Waals surface area contributed by atoms with Gasteiger partial charge < -0.3 is 43.8 Å². The Morgan fingerprint density at radius 3 is 2.30 bits per heavy atom. The van der Waals surface area contributed by atoms with Crippen LogP contribution in [0.4, 0.5) is 10.5 Å². The van der Waals surface area contributed by atoms with Crippen LogP contribution < -0.4 is 14.2 Å². The Bertz CT molecular complexity index is 2620. The van der Waals surface area contributed by atoms with E-state index in [-0.39, 0.29) is 88.4 Å². The first kappa shape index (κ1) is 49.8. The number of oxime groups is 1. The number of nitrogens with zero attached hydrogens (tertiary/aromatic N) is 3. The average molecular weight is 956 g/mol. The molecule has 0 aromatic heterocycles. The summed E-state index contributed by atoms with van der Waals surface area (Å²) >= 11 is 0. The molecule has 6 atom stereocenters. The van der Waals surface area contributed by atoms with Gasteiger partial charge in [-0.25, -0.2) is 4.79 Å². The van der Waals surface area contributed by atoms with Gasteiger partial charge in [0.25, 0.3) is 5.69 Å². The quantitative estimate of drug-likeness (QED) is 0.0230. The third-order valence-electron chi connectivity index (χ3n) is 13.4. The molecule has 3 N–H and O–H groups in total. The predicted octanol–water partition coefficient (Wildman–Crippen LogP) is 9.88. The molecule has 368 valence electrons. The maximum Gasteiger partial charge on any atom is 0.415 e. The van der Waals surface area contributed by atoms with E-state index >= 15 is 0 Å². The first-order chi connectivity index (χ1) is 34.3. The molecule has 1 amide bonds. The monoisotopic (exact) mass is 955 g/mol. The molecule has 3 aliphatic rings. The van der Waals surface area contributed by atoms with Crippen molar-refractivity contribution in [2.24, 2.45) is 22.9 Å². The van der Waals surface area contributed by atoms with Gasteiger partial charge in [0.2, 0.25) is 5.79 Å². The Hall–Kier alpha value is -6.62. The number of nitro benzene ring substituents is 1. The highest BCUT2D eigenvalue weighted by Crippen LogP contribution is 2.62. The highest BCUT2D eigenvalue weighted by molar-refractivity contribution is 6.03. The van der Waals surface area contributed by atoms with Crippen LogP contribution in [0.15, 0.2) is 145 Å². The molecule has 5 aromatic rings. The van der Waals surface area contributed by atoms with Crippen molar-refractivity contribution in [2.45, 2.75) is 69.3 Å². The van der Waals surface area contributed by atoms with Crippen molar-refractivity contribution in [3.63, 3.8) is 0 Å². The number of carbonyl (C=O) groups excluding carboxylic acids is 1. The summed E-state index contributed by atoms with van der Waals surface area (Å²) in [6, 6.07) is 33.8. The van der Waals surface area contributed by atoms with Gasteiger partial charge in [-0.15, -0.1) is 6.58 Å². The van der Waals surface area contributed by atoms with Gasteiger partial charge in [0.15, 0.2) is 0 Å². The van der Waals surface area contributed by atoms with E-state index in [0.29, 0.717) is 35.8 Å². The summed E-state index contributed by atoms with van der Waals surface area (Å²) in [6.07, 6.45) is 7.39. The van der Waals surface area contributed by atoms with Gasteiger partial charge >= 0.3 is 6.09 Å². The molecule has 1 fully saturated rings. The molecule has 0 spiro atoms. The first-order valence-electron chi connectivity index (χ1n) is 24.1. The van der Waals surface area contributed by atoms with E-state index in [1.807, 2.05) is 84.9 Å². The number of nitro groups is 1. The second-order valence-corrected chi connectivity index (χ2v) is 17.8. The second-order valence-electron chi connectivity index (χ2n) is 17.8. The van der Waals surface area contributed by atoms with Crippen molar-refractivity contribution < 1.29 is 53.6 Å². The maximum atomic E-state index is 14.9. The predicted molar refractivity (Wildman–Crippen MR) is 264 cm³/mol. The molecule has 1 aliphatic heterocycles. The van der Waals surface area contributed by atoms with Gasteiger partial charge in [-0.2, -0.15) is 0 Å². The fourth-order valence-electron chi connectivity index (χ4n) is 10.3. The highest BCUT2D eigenvalue weighted by atomic mass is 16.7. The molecule has 6 unspecified atom stereocenters. The Morgan fingerprint density at radius 1 is 0.843 bits per heavy atom. The molecule has 0 radical (unpaired) electrons. The van der Waals surface area contributed by atoms with Gasteiger partial charge in [-0.05, 0) is 102 Å². The summed E-state index contributed by atoms with van der Waals surface area (Å²) in [5.41, 5.74) is 3.05. The number of amides is 1. The van der Waals surface area contributed by atoms with Crippen molar-refractivity contribution in [1.29, 1.82) is 0 Å². The number of carbonyl (C=O) groups is 1. The van der Waals surface area contributed by atoms with Gasteiger partial charge in [0, 0.05) is 49.8 Å². The van der Waals surface area contributed by atoms with Crippen LogP contribution >= 0.6 is 0 Å². The summed E-state index contributed by atoms with van der Waals surface area (Å²) in [5.74, 6) is -0.782. The lowest BCUT2D eigenvalue weighted by atomic mass is 9.55. The molecule has 8 rings (SSSR count). The largest absolute Gasteiger partial charge is 0.459 e. The number of aliphatic hydroxyl groups is 3. The summed E-state index contributed by atoms with van der Waals surface area (Å²) in [4.78, 5) is 33.6. The third-order valence-corrected chi connectivity index (χ3v) is 13.4. The van der Waals surface area contributed by atoms with Crippen LogP contribution in [0.25, 0.3) is 10.8 Å². The Morgan fingerprint density at radius 2 is 1.56 bits per heavy atom. The van der Waals surface area contributed by atoms with Crippen LogP contribution in [0.1, 0.15) is 62.0 Å². The fourth-order valence-corrected chi connectivity index (χ4v) is 10.3. The second kappa shape index (κ2) is 23.8. The Labute approximate surface area is 407 Å². The molecule has 70 heavy (non-hydrogen) atoms. The number of allylic oxidation sites excluding steroid dienone is 1. The van der Waals surface area contributed by atoms with Crippen molar-refractivity contribution in [1.82, 2.24) is 4.90 Å². The minimum absolute atomic E-state index is 0.000505. The van der Waals surface area contributed by atoms with E-state index in [1.54, 1.807) is 6.08 Å². The molecule has 2 aliphatic carbocycles. The minimum atomic E-state index is -1.62. The summed E-state index contributed by atoms with van der Waals surface area (Å²) in [5, 5.41) is 48.3. The highest BCUT2D eigenvalue weighted by Gasteiger charge is 2.65. The normalized spacial score (nSPS) is 21.7. The number of hydrogen-bond donors (Lipinski definition) is 3. The van der Waals surface area contributed by atoms with E-state index in [1.165, 1.54) is 29.2 Å². The van der Waals surface area contributed by atoms with Crippen molar-refractivity contribution >= 4 is 28.3 Å². The van der Waals surface area contributed by atoms with Crippen LogP contribution in [0.3, 0.4) is 0 Å². The lowest BCUT2D eigenvalue weighted by Gasteiger charge is -2.59. The van der Waals surface area contributed by atoms with Gasteiger partial charge in [-0.1, -0.05) is 90.8 Å². The van der Waals surface area contributed by atoms with Crippen molar-refractivity contribution in [3.8, 4) is 23.0 Å². The lowest BCUT2D eigenvalue weighted by Crippen LogP contribution is -2.70. The molecule has 5 aromatic carbocycles. The number of aliphatic hydroxyl groups excluding tert-OH is 3. The zero-order chi connectivity index (χ0) is 48.9. The average Bonchev–Trinajstić information content (AvgIpc) is 3.37. The number of hydrogen-bond acceptors (Lipinski definition) is 13. The number of fused-ring (bicyclic) bond motifs is 3. The van der Waals surface area contributed by atoms with E-state index < -0.39 is 28.8 Å². The van der Waals surface area contributed by atoms with Crippen LogP contribution in [0.5, 0.6) is 23.0 Å². The third kappa shape index (κ3) is 11.4. The van der Waals surface area contributed by atoms with Gasteiger partial charge in [0.05, 0.1) is 43.0 Å². The minimum Gasteiger partial charge on any atom is -0.459 e. The fraction of sp³-hybridized carbons (Fsp3) is 0.382. The van der Waals surface area contributed by atoms with E-state index in [2.05, 4.69) is 18.7 Å².